The average Bonchev–Trinajstić information content (AvgIpc) is 2.24. The molecule has 1 unspecified atom stereocenters. The van der Waals surface area contributed by atoms with Gasteiger partial charge in [-0.2, -0.15) is 4.98 Å². The van der Waals surface area contributed by atoms with Gasteiger partial charge >= 0.3 is 0 Å². The number of aliphatic hydroxyl groups is 1. The minimum atomic E-state index is -2.76. The molecule has 0 aliphatic rings. The van der Waals surface area contributed by atoms with Gasteiger partial charge in [-0.1, -0.05) is 0 Å². The number of nitrogens with one attached hydrogen (secondary N) is 2. The van der Waals surface area contributed by atoms with E-state index in [-0.39, 0.29) is 6.54 Å². The van der Waals surface area contributed by atoms with Crippen molar-refractivity contribution < 1.29 is 13.9 Å². The zero-order valence-corrected chi connectivity index (χ0v) is 9.04. The van der Waals surface area contributed by atoms with Gasteiger partial charge in [0, 0.05) is 25.4 Å². The van der Waals surface area contributed by atoms with Gasteiger partial charge in [0.15, 0.2) is 0 Å². The van der Waals surface area contributed by atoms with Crippen LogP contribution in [-0.4, -0.2) is 41.2 Å². The summed E-state index contributed by atoms with van der Waals surface area (Å²) in [5.74, 6) is 0.797. The number of halogens is 2. The molecule has 0 fully saturated rings. The lowest BCUT2D eigenvalue weighted by Gasteiger charge is -2.12. The molecule has 0 radical (unpaired) electrons. The highest BCUT2D eigenvalue weighted by Gasteiger charge is 2.16. The van der Waals surface area contributed by atoms with Crippen LogP contribution in [0.1, 0.15) is 5.69 Å². The largest absolute Gasteiger partial charge is 0.385 e. The molecule has 0 saturated carbocycles. The molecular formula is C9H14F2N4O. The standard InChI is InChI=1S/C9H14F2N4O/c1-5-3-7(15-9(12-2)14-5)13-4-6(16)8(10)11/h3,6,8,16H,4H2,1-2H3,(H2,12,13,14,15). The number of hydrogen-bond acceptors (Lipinski definition) is 5. The van der Waals surface area contributed by atoms with Gasteiger partial charge in [0.05, 0.1) is 0 Å². The maximum atomic E-state index is 12.0. The molecular weight excluding hydrogens is 218 g/mol. The zero-order valence-electron chi connectivity index (χ0n) is 9.04. The monoisotopic (exact) mass is 232 g/mol. The van der Waals surface area contributed by atoms with Crippen LogP contribution in [0.5, 0.6) is 0 Å². The van der Waals surface area contributed by atoms with E-state index in [2.05, 4.69) is 20.6 Å². The number of alkyl halides is 2. The predicted molar refractivity (Wildman–Crippen MR) is 56.8 cm³/mol. The third kappa shape index (κ3) is 3.58. The van der Waals surface area contributed by atoms with E-state index in [9.17, 15) is 8.78 Å². The lowest BCUT2D eigenvalue weighted by molar-refractivity contribution is 0.00381. The van der Waals surface area contributed by atoms with Crippen LogP contribution in [0.15, 0.2) is 6.07 Å². The number of aliphatic hydroxyl groups excluding tert-OH is 1. The van der Waals surface area contributed by atoms with Crippen molar-refractivity contribution in [2.75, 3.05) is 24.2 Å². The van der Waals surface area contributed by atoms with Crippen LogP contribution in [0.3, 0.4) is 0 Å². The number of hydrogen-bond donors (Lipinski definition) is 3. The number of aryl methyl sites for hydroxylation is 1. The van der Waals surface area contributed by atoms with Crippen molar-refractivity contribution in [3.05, 3.63) is 11.8 Å². The Hall–Kier alpha value is -1.50. The Labute approximate surface area is 91.9 Å². The van der Waals surface area contributed by atoms with Crippen LogP contribution < -0.4 is 10.6 Å². The second-order valence-electron chi connectivity index (χ2n) is 3.25. The molecule has 0 aliphatic heterocycles. The quantitative estimate of drug-likeness (QED) is 0.702. The molecule has 0 aromatic carbocycles. The average molecular weight is 232 g/mol. The van der Waals surface area contributed by atoms with Crippen molar-refractivity contribution in [1.29, 1.82) is 0 Å². The minimum absolute atomic E-state index is 0.253. The van der Waals surface area contributed by atoms with Crippen LogP contribution in [0.4, 0.5) is 20.5 Å². The second kappa shape index (κ2) is 5.55. The van der Waals surface area contributed by atoms with Gasteiger partial charge in [0.1, 0.15) is 11.9 Å². The van der Waals surface area contributed by atoms with Crippen molar-refractivity contribution >= 4 is 11.8 Å². The number of nitrogens with zero attached hydrogens (tertiary/aromatic N) is 2. The topological polar surface area (TPSA) is 70.1 Å². The summed E-state index contributed by atoms with van der Waals surface area (Å²) in [6.07, 6.45) is -4.47. The van der Waals surface area contributed by atoms with Gasteiger partial charge < -0.3 is 15.7 Å². The van der Waals surface area contributed by atoms with Gasteiger partial charge in [0.2, 0.25) is 5.95 Å². The van der Waals surface area contributed by atoms with Crippen molar-refractivity contribution in [2.45, 2.75) is 19.5 Å². The number of rotatable bonds is 5. The normalized spacial score (nSPS) is 12.6. The van der Waals surface area contributed by atoms with Crippen molar-refractivity contribution in [2.24, 2.45) is 0 Å². The highest BCUT2D eigenvalue weighted by Crippen LogP contribution is 2.10. The highest BCUT2D eigenvalue weighted by molar-refractivity contribution is 5.41. The van der Waals surface area contributed by atoms with E-state index in [1.165, 1.54) is 0 Å². The third-order valence-electron chi connectivity index (χ3n) is 1.86. The van der Waals surface area contributed by atoms with E-state index in [4.69, 9.17) is 5.11 Å². The summed E-state index contributed by atoms with van der Waals surface area (Å²) in [5, 5.41) is 14.3. The SMILES string of the molecule is CNc1nc(C)cc(NCC(O)C(F)F)n1. The molecule has 1 aromatic rings. The summed E-state index contributed by atoms with van der Waals surface area (Å²) in [7, 11) is 1.66. The van der Waals surface area contributed by atoms with Crippen LogP contribution in [0, 0.1) is 6.92 Å². The Morgan fingerprint density at radius 3 is 2.69 bits per heavy atom. The first-order valence-electron chi connectivity index (χ1n) is 4.76. The fraction of sp³-hybridized carbons (Fsp3) is 0.556. The molecule has 0 bridgehead atoms. The first-order valence-corrected chi connectivity index (χ1v) is 4.76. The molecule has 0 spiro atoms. The van der Waals surface area contributed by atoms with E-state index in [1.807, 2.05) is 0 Å². The van der Waals surface area contributed by atoms with Crippen LogP contribution in [0.25, 0.3) is 0 Å². The summed E-state index contributed by atoms with van der Waals surface area (Å²) in [5.41, 5.74) is 0.702. The van der Waals surface area contributed by atoms with Gasteiger partial charge in [-0.05, 0) is 6.92 Å². The van der Waals surface area contributed by atoms with Gasteiger partial charge in [0.25, 0.3) is 6.43 Å². The Morgan fingerprint density at radius 2 is 2.12 bits per heavy atom. The second-order valence-corrected chi connectivity index (χ2v) is 3.25. The lowest BCUT2D eigenvalue weighted by atomic mass is 10.3. The predicted octanol–water partition coefficient (Wildman–Crippen LogP) is 0.865. The molecule has 0 saturated heterocycles. The smallest absolute Gasteiger partial charge is 0.265 e. The molecule has 1 aromatic heterocycles. The van der Waals surface area contributed by atoms with Crippen LogP contribution in [0.2, 0.25) is 0 Å². The summed E-state index contributed by atoms with van der Waals surface area (Å²) in [4.78, 5) is 8.04. The molecule has 16 heavy (non-hydrogen) atoms. The molecule has 0 amide bonds. The number of anilines is 2. The molecule has 1 atom stereocenters. The highest BCUT2D eigenvalue weighted by atomic mass is 19.3. The maximum absolute atomic E-state index is 12.0. The lowest BCUT2D eigenvalue weighted by Crippen LogP contribution is -2.27. The summed E-state index contributed by atoms with van der Waals surface area (Å²) in [6, 6.07) is 1.61. The Balaban J connectivity index is 2.63. The summed E-state index contributed by atoms with van der Waals surface area (Å²) >= 11 is 0. The van der Waals surface area contributed by atoms with Crippen molar-refractivity contribution in [3.63, 3.8) is 0 Å². The molecule has 3 N–H and O–H groups in total. The van der Waals surface area contributed by atoms with E-state index in [0.717, 1.165) is 0 Å². The van der Waals surface area contributed by atoms with E-state index < -0.39 is 12.5 Å². The van der Waals surface area contributed by atoms with E-state index in [1.54, 1.807) is 20.0 Å². The molecule has 1 heterocycles. The van der Waals surface area contributed by atoms with Crippen molar-refractivity contribution in [1.82, 2.24) is 9.97 Å². The van der Waals surface area contributed by atoms with Crippen LogP contribution in [-0.2, 0) is 0 Å². The fourth-order valence-electron chi connectivity index (χ4n) is 1.07. The fourth-order valence-corrected chi connectivity index (χ4v) is 1.07. The molecule has 5 nitrogen and oxygen atoms in total. The molecule has 0 aliphatic carbocycles. The third-order valence-corrected chi connectivity index (χ3v) is 1.86. The first kappa shape index (κ1) is 12.6. The van der Waals surface area contributed by atoms with Gasteiger partial charge in [-0.25, -0.2) is 13.8 Å². The summed E-state index contributed by atoms with van der Waals surface area (Å²) in [6.45, 7) is 1.51. The Kier molecular flexibility index (Phi) is 4.36. The Bertz CT molecular complexity index is 348. The van der Waals surface area contributed by atoms with Gasteiger partial charge in [-0.15, -0.1) is 0 Å². The maximum Gasteiger partial charge on any atom is 0.265 e. The van der Waals surface area contributed by atoms with E-state index >= 15 is 0 Å². The van der Waals surface area contributed by atoms with Crippen molar-refractivity contribution in [3.8, 4) is 0 Å². The molecule has 90 valence electrons. The van der Waals surface area contributed by atoms with Gasteiger partial charge in [-0.3, -0.25) is 0 Å². The summed E-state index contributed by atoms with van der Waals surface area (Å²) < 4.78 is 24.0. The van der Waals surface area contributed by atoms with E-state index in [0.29, 0.717) is 17.5 Å². The zero-order chi connectivity index (χ0) is 12.1. The van der Waals surface area contributed by atoms with Crippen LogP contribution >= 0.6 is 0 Å². The minimum Gasteiger partial charge on any atom is -0.385 e. The molecule has 7 heteroatoms. The first-order chi connectivity index (χ1) is 7.52. The molecule has 1 rings (SSSR count). The number of aromatic nitrogens is 2. The Morgan fingerprint density at radius 1 is 1.44 bits per heavy atom.